The smallest absolute Gasteiger partial charge is 0.357 e. The molecule has 0 radical (unpaired) electrons. The fourth-order valence-corrected chi connectivity index (χ4v) is 1.93. The van der Waals surface area contributed by atoms with Crippen molar-refractivity contribution in [3.05, 3.63) is 35.4 Å². The molecule has 0 amide bonds. The zero-order valence-electron chi connectivity index (χ0n) is 13.6. The van der Waals surface area contributed by atoms with E-state index in [1.165, 1.54) is 13.2 Å². The Morgan fingerprint density at radius 3 is 2.05 bits per heavy atom. The van der Waals surface area contributed by atoms with Gasteiger partial charge < -0.3 is 9.57 Å². The van der Waals surface area contributed by atoms with Crippen molar-refractivity contribution in [2.75, 3.05) is 20.2 Å². The molecule has 0 aromatic heterocycles. The molecule has 1 rings (SSSR count). The molecule has 0 atom stereocenters. The molecule has 0 aliphatic carbocycles. The summed E-state index contributed by atoms with van der Waals surface area (Å²) in [6, 6.07) is 6.37. The maximum absolute atomic E-state index is 12.2. The molecule has 5 heteroatoms. The van der Waals surface area contributed by atoms with Crippen LogP contribution in [0.1, 0.15) is 60.2 Å². The molecule has 0 fully saturated rings. The predicted molar refractivity (Wildman–Crippen MR) is 84.6 cm³/mol. The number of hydrogen-bond donors (Lipinski definition) is 0. The van der Waals surface area contributed by atoms with Crippen molar-refractivity contribution in [1.29, 1.82) is 0 Å². The van der Waals surface area contributed by atoms with Gasteiger partial charge in [-0.2, -0.15) is 0 Å². The number of nitrogens with zero attached hydrogens (tertiary/aromatic N) is 1. The van der Waals surface area contributed by atoms with Gasteiger partial charge in [0.2, 0.25) is 0 Å². The highest BCUT2D eigenvalue weighted by atomic mass is 16.7. The summed E-state index contributed by atoms with van der Waals surface area (Å²) in [4.78, 5) is 29.2. The number of unbranched alkanes of at least 4 members (excludes halogenated alkanes) is 2. The number of esters is 1. The lowest BCUT2D eigenvalue weighted by atomic mass is 10.1. The minimum Gasteiger partial charge on any atom is -0.465 e. The van der Waals surface area contributed by atoms with Gasteiger partial charge in [-0.05, 0) is 31.0 Å². The average Bonchev–Trinajstić information content (AvgIpc) is 2.56. The normalized spacial score (nSPS) is 10.5. The molecule has 5 nitrogen and oxygen atoms in total. The highest BCUT2D eigenvalue weighted by Gasteiger charge is 2.15. The van der Waals surface area contributed by atoms with Gasteiger partial charge in [-0.25, -0.2) is 9.59 Å². The monoisotopic (exact) mass is 307 g/mol. The van der Waals surface area contributed by atoms with E-state index in [0.29, 0.717) is 11.1 Å². The Bertz CT molecular complexity index is 479. The second-order valence-electron chi connectivity index (χ2n) is 5.09. The summed E-state index contributed by atoms with van der Waals surface area (Å²) in [7, 11) is 1.31. The molecule has 0 bridgehead atoms. The summed E-state index contributed by atoms with van der Waals surface area (Å²) in [6.45, 7) is 5.64. The molecule has 1 aromatic carbocycles. The molecule has 0 saturated heterocycles. The summed E-state index contributed by atoms with van der Waals surface area (Å²) < 4.78 is 4.66. The van der Waals surface area contributed by atoms with Crippen LogP contribution in [0.2, 0.25) is 0 Å². The molecule has 122 valence electrons. The van der Waals surface area contributed by atoms with Gasteiger partial charge in [0.15, 0.2) is 0 Å². The quantitative estimate of drug-likeness (QED) is 0.516. The van der Waals surface area contributed by atoms with E-state index < -0.39 is 11.9 Å². The van der Waals surface area contributed by atoms with Gasteiger partial charge in [0.1, 0.15) is 0 Å². The van der Waals surface area contributed by atoms with E-state index in [1.807, 2.05) is 0 Å². The zero-order chi connectivity index (χ0) is 16.4. The van der Waals surface area contributed by atoms with Crippen LogP contribution in [0, 0.1) is 0 Å². The topological polar surface area (TPSA) is 55.8 Å². The van der Waals surface area contributed by atoms with Crippen LogP contribution in [0.3, 0.4) is 0 Å². The Balaban J connectivity index is 2.73. The van der Waals surface area contributed by atoms with Crippen molar-refractivity contribution in [2.24, 2.45) is 0 Å². The molecular weight excluding hydrogens is 282 g/mol. The number of hydrogen-bond acceptors (Lipinski definition) is 5. The molecule has 1 aromatic rings. The van der Waals surface area contributed by atoms with E-state index >= 15 is 0 Å². The first-order valence-corrected chi connectivity index (χ1v) is 7.78. The van der Waals surface area contributed by atoms with Crippen molar-refractivity contribution in [3.8, 4) is 0 Å². The highest BCUT2D eigenvalue weighted by Crippen LogP contribution is 2.10. The summed E-state index contributed by atoms with van der Waals surface area (Å²) in [5, 5.41) is 1.71. The number of carbonyl (C=O) groups excluding carboxylic acids is 2. The van der Waals surface area contributed by atoms with E-state index in [2.05, 4.69) is 18.6 Å². The lowest BCUT2D eigenvalue weighted by molar-refractivity contribution is -0.111. The van der Waals surface area contributed by atoms with Gasteiger partial charge in [0.25, 0.3) is 0 Å². The third kappa shape index (κ3) is 5.85. The van der Waals surface area contributed by atoms with E-state index in [4.69, 9.17) is 4.84 Å². The third-order valence-electron chi connectivity index (χ3n) is 3.25. The summed E-state index contributed by atoms with van der Waals surface area (Å²) >= 11 is 0. The first kappa shape index (κ1) is 18.2. The fourth-order valence-electron chi connectivity index (χ4n) is 1.93. The summed E-state index contributed by atoms with van der Waals surface area (Å²) in [5.74, 6) is -0.915. The SMILES string of the molecule is CCCCN(CCCC)OC(=O)c1cccc(C(=O)OC)c1. The van der Waals surface area contributed by atoms with Crippen LogP contribution in [-0.2, 0) is 9.57 Å². The van der Waals surface area contributed by atoms with E-state index in [1.54, 1.807) is 23.3 Å². The standard InChI is InChI=1S/C17H25NO4/c1-4-6-11-18(12-7-5-2)22-17(20)15-10-8-9-14(13-15)16(19)21-3/h8-10,13H,4-7,11-12H2,1-3H3. The lowest BCUT2D eigenvalue weighted by Gasteiger charge is -2.20. The van der Waals surface area contributed by atoms with E-state index in [0.717, 1.165) is 38.8 Å². The predicted octanol–water partition coefficient (Wildman–Crippen LogP) is 3.45. The Hall–Kier alpha value is -1.88. The van der Waals surface area contributed by atoms with Gasteiger partial charge in [0, 0.05) is 13.1 Å². The van der Waals surface area contributed by atoms with Gasteiger partial charge in [-0.3, -0.25) is 0 Å². The lowest BCUT2D eigenvalue weighted by Crippen LogP contribution is -2.29. The Labute approximate surface area is 132 Å². The second-order valence-corrected chi connectivity index (χ2v) is 5.09. The summed E-state index contributed by atoms with van der Waals surface area (Å²) in [6.07, 6.45) is 4.02. The number of ether oxygens (including phenoxy) is 1. The largest absolute Gasteiger partial charge is 0.465 e. The van der Waals surface area contributed by atoms with Crippen molar-refractivity contribution in [2.45, 2.75) is 39.5 Å². The van der Waals surface area contributed by atoms with Crippen molar-refractivity contribution in [3.63, 3.8) is 0 Å². The molecule has 0 saturated carbocycles. The van der Waals surface area contributed by atoms with Crippen molar-refractivity contribution >= 4 is 11.9 Å². The van der Waals surface area contributed by atoms with Crippen molar-refractivity contribution in [1.82, 2.24) is 5.06 Å². The first-order chi connectivity index (χ1) is 10.6. The van der Waals surface area contributed by atoms with Crippen LogP contribution >= 0.6 is 0 Å². The van der Waals surface area contributed by atoms with Gasteiger partial charge in [0.05, 0.1) is 18.2 Å². The van der Waals surface area contributed by atoms with Gasteiger partial charge >= 0.3 is 11.9 Å². The Kier molecular flexibility index (Phi) is 8.22. The maximum atomic E-state index is 12.2. The number of methoxy groups -OCH3 is 1. The number of rotatable bonds is 9. The number of benzene rings is 1. The van der Waals surface area contributed by atoms with Gasteiger partial charge in [-0.1, -0.05) is 32.8 Å². The fraction of sp³-hybridized carbons (Fsp3) is 0.529. The Morgan fingerprint density at radius 2 is 1.55 bits per heavy atom. The molecule has 0 aliphatic rings. The van der Waals surface area contributed by atoms with Crippen LogP contribution < -0.4 is 0 Å². The first-order valence-electron chi connectivity index (χ1n) is 7.78. The van der Waals surface area contributed by atoms with Gasteiger partial charge in [-0.15, -0.1) is 5.06 Å². The molecule has 0 spiro atoms. The van der Waals surface area contributed by atoms with Crippen LogP contribution in [0.4, 0.5) is 0 Å². The second kappa shape index (κ2) is 9.95. The van der Waals surface area contributed by atoms with Crippen LogP contribution in [0.5, 0.6) is 0 Å². The minimum absolute atomic E-state index is 0.339. The molecule has 0 aliphatic heterocycles. The van der Waals surface area contributed by atoms with E-state index in [9.17, 15) is 9.59 Å². The third-order valence-corrected chi connectivity index (χ3v) is 3.25. The molecule has 0 heterocycles. The maximum Gasteiger partial charge on any atom is 0.357 e. The van der Waals surface area contributed by atoms with Crippen LogP contribution in [0.15, 0.2) is 24.3 Å². The highest BCUT2D eigenvalue weighted by molar-refractivity contribution is 5.95. The summed E-state index contributed by atoms with van der Waals surface area (Å²) in [5.41, 5.74) is 0.687. The minimum atomic E-state index is -0.469. The zero-order valence-corrected chi connectivity index (χ0v) is 13.6. The van der Waals surface area contributed by atoms with Crippen LogP contribution in [-0.4, -0.2) is 37.2 Å². The molecule has 22 heavy (non-hydrogen) atoms. The molecule has 0 unspecified atom stereocenters. The van der Waals surface area contributed by atoms with E-state index in [-0.39, 0.29) is 0 Å². The van der Waals surface area contributed by atoms with Crippen LogP contribution in [0.25, 0.3) is 0 Å². The molecular formula is C17H25NO4. The molecule has 0 N–H and O–H groups in total. The number of carbonyl (C=O) groups is 2. The average molecular weight is 307 g/mol. The van der Waals surface area contributed by atoms with Crippen molar-refractivity contribution < 1.29 is 19.2 Å². The Morgan fingerprint density at radius 1 is 1.00 bits per heavy atom. The number of hydroxylamine groups is 2.